The topological polar surface area (TPSA) is 66.4 Å². The largest absolute Gasteiger partial charge is 0.481 e. The highest BCUT2D eigenvalue weighted by Gasteiger charge is 2.07. The zero-order valence-corrected chi connectivity index (χ0v) is 12.7. The van der Waals surface area contributed by atoms with E-state index in [0.29, 0.717) is 13.0 Å². The molecular formula is C17H25NO3. The molecule has 116 valence electrons. The van der Waals surface area contributed by atoms with Gasteiger partial charge in [0.2, 0.25) is 5.91 Å². The van der Waals surface area contributed by atoms with E-state index in [0.717, 1.165) is 24.0 Å². The van der Waals surface area contributed by atoms with Crippen molar-refractivity contribution in [3.63, 3.8) is 0 Å². The number of carboxylic acid groups (broad SMARTS) is 1. The molecule has 0 aromatic heterocycles. The highest BCUT2D eigenvalue weighted by Crippen LogP contribution is 2.10. The van der Waals surface area contributed by atoms with Gasteiger partial charge < -0.3 is 10.4 Å². The number of hydrogen-bond acceptors (Lipinski definition) is 2. The van der Waals surface area contributed by atoms with Crippen LogP contribution in [0.2, 0.25) is 0 Å². The van der Waals surface area contributed by atoms with Crippen molar-refractivity contribution >= 4 is 11.9 Å². The van der Waals surface area contributed by atoms with E-state index in [9.17, 15) is 9.59 Å². The average Bonchev–Trinajstić information content (AvgIpc) is 2.45. The minimum Gasteiger partial charge on any atom is -0.481 e. The molecule has 2 N–H and O–H groups in total. The van der Waals surface area contributed by atoms with Gasteiger partial charge in [-0.25, -0.2) is 0 Å². The molecule has 0 atom stereocenters. The van der Waals surface area contributed by atoms with Crippen LogP contribution in [0.25, 0.3) is 0 Å². The minimum absolute atomic E-state index is 0.0109. The monoisotopic (exact) mass is 291 g/mol. The summed E-state index contributed by atoms with van der Waals surface area (Å²) >= 11 is 0. The average molecular weight is 291 g/mol. The first-order valence-corrected chi connectivity index (χ1v) is 7.68. The predicted molar refractivity (Wildman–Crippen MR) is 83.0 cm³/mol. The van der Waals surface area contributed by atoms with E-state index in [-0.39, 0.29) is 12.3 Å². The van der Waals surface area contributed by atoms with E-state index in [1.807, 2.05) is 18.2 Å². The second kappa shape index (κ2) is 9.97. The molecule has 21 heavy (non-hydrogen) atoms. The number of unbranched alkanes of at least 4 members (excludes halogenated alkanes) is 4. The van der Waals surface area contributed by atoms with Crippen LogP contribution in [0, 0.1) is 0 Å². The molecule has 4 heteroatoms. The molecule has 0 aliphatic heterocycles. The third kappa shape index (κ3) is 7.49. The number of nitrogens with one attached hydrogen (secondary N) is 1. The molecule has 4 nitrogen and oxygen atoms in total. The molecule has 1 amide bonds. The van der Waals surface area contributed by atoms with Gasteiger partial charge in [0.1, 0.15) is 0 Å². The second-order valence-corrected chi connectivity index (χ2v) is 5.28. The van der Waals surface area contributed by atoms with Crippen LogP contribution < -0.4 is 5.32 Å². The number of benzene rings is 1. The number of carbonyl (C=O) groups is 2. The summed E-state index contributed by atoms with van der Waals surface area (Å²) in [4.78, 5) is 22.6. The Kier molecular flexibility index (Phi) is 8.17. The minimum atomic E-state index is -0.857. The Balaban J connectivity index is 2.34. The van der Waals surface area contributed by atoms with Crippen LogP contribution in [0.1, 0.15) is 56.6 Å². The fourth-order valence-electron chi connectivity index (χ4n) is 2.24. The van der Waals surface area contributed by atoms with Gasteiger partial charge in [-0.2, -0.15) is 0 Å². The van der Waals surface area contributed by atoms with E-state index in [2.05, 4.69) is 12.2 Å². The highest BCUT2D eigenvalue weighted by atomic mass is 16.4. The van der Waals surface area contributed by atoms with Crippen LogP contribution in [0.3, 0.4) is 0 Å². The van der Waals surface area contributed by atoms with Gasteiger partial charge in [-0.3, -0.25) is 9.59 Å². The SMILES string of the molecule is CCCCCCCC(=O)NCc1ccccc1CC(=O)O. The summed E-state index contributed by atoms with van der Waals surface area (Å²) in [5.74, 6) is -0.818. The molecule has 1 aromatic rings. The normalized spacial score (nSPS) is 10.3. The van der Waals surface area contributed by atoms with Crippen molar-refractivity contribution in [2.24, 2.45) is 0 Å². The van der Waals surface area contributed by atoms with E-state index >= 15 is 0 Å². The Morgan fingerprint density at radius 1 is 1.05 bits per heavy atom. The predicted octanol–water partition coefficient (Wildman–Crippen LogP) is 3.29. The summed E-state index contributed by atoms with van der Waals surface area (Å²) in [7, 11) is 0. The van der Waals surface area contributed by atoms with Gasteiger partial charge in [0.25, 0.3) is 0 Å². The van der Waals surface area contributed by atoms with Crippen molar-refractivity contribution in [2.75, 3.05) is 0 Å². The molecule has 0 saturated heterocycles. The van der Waals surface area contributed by atoms with Crippen molar-refractivity contribution in [1.82, 2.24) is 5.32 Å². The van der Waals surface area contributed by atoms with E-state index in [4.69, 9.17) is 5.11 Å². The zero-order chi connectivity index (χ0) is 15.5. The first kappa shape index (κ1) is 17.2. The number of hydrogen-bond donors (Lipinski definition) is 2. The Morgan fingerprint density at radius 2 is 1.71 bits per heavy atom. The van der Waals surface area contributed by atoms with Gasteiger partial charge in [0.15, 0.2) is 0 Å². The number of rotatable bonds is 10. The lowest BCUT2D eigenvalue weighted by molar-refractivity contribution is -0.136. The molecule has 1 aromatic carbocycles. The Morgan fingerprint density at radius 3 is 2.38 bits per heavy atom. The van der Waals surface area contributed by atoms with Crippen LogP contribution in [-0.2, 0) is 22.6 Å². The molecule has 0 unspecified atom stereocenters. The third-order valence-corrected chi connectivity index (χ3v) is 3.44. The summed E-state index contributed by atoms with van der Waals surface area (Å²) in [5, 5.41) is 11.7. The number of carbonyl (C=O) groups excluding carboxylic acids is 1. The molecule has 0 bridgehead atoms. The molecule has 0 radical (unpaired) electrons. The third-order valence-electron chi connectivity index (χ3n) is 3.44. The van der Waals surface area contributed by atoms with Gasteiger partial charge in [-0.1, -0.05) is 56.9 Å². The molecule has 0 aliphatic rings. The Hall–Kier alpha value is -1.84. The van der Waals surface area contributed by atoms with Gasteiger partial charge in [-0.05, 0) is 17.5 Å². The van der Waals surface area contributed by atoms with Gasteiger partial charge in [0, 0.05) is 13.0 Å². The zero-order valence-electron chi connectivity index (χ0n) is 12.7. The first-order valence-electron chi connectivity index (χ1n) is 7.68. The smallest absolute Gasteiger partial charge is 0.307 e. The Bertz CT molecular complexity index is 457. The summed E-state index contributed by atoms with van der Waals surface area (Å²) in [6.07, 6.45) is 6.16. The molecule has 1 rings (SSSR count). The van der Waals surface area contributed by atoms with Gasteiger partial charge >= 0.3 is 5.97 Å². The quantitative estimate of drug-likeness (QED) is 0.650. The Labute approximate surface area is 126 Å². The van der Waals surface area contributed by atoms with Crippen molar-refractivity contribution in [3.8, 4) is 0 Å². The molecule has 0 fully saturated rings. The standard InChI is InChI=1S/C17H25NO3/c1-2-3-4-5-6-11-16(19)18-13-15-10-8-7-9-14(15)12-17(20)21/h7-10H,2-6,11-13H2,1H3,(H,18,19)(H,20,21). The molecular weight excluding hydrogens is 266 g/mol. The van der Waals surface area contributed by atoms with E-state index in [1.54, 1.807) is 6.07 Å². The highest BCUT2D eigenvalue weighted by molar-refractivity contribution is 5.76. The van der Waals surface area contributed by atoms with Crippen molar-refractivity contribution in [3.05, 3.63) is 35.4 Å². The summed E-state index contributed by atoms with van der Waals surface area (Å²) in [6, 6.07) is 7.33. The van der Waals surface area contributed by atoms with Crippen molar-refractivity contribution in [1.29, 1.82) is 0 Å². The van der Waals surface area contributed by atoms with Crippen LogP contribution in [0.15, 0.2) is 24.3 Å². The molecule has 0 saturated carbocycles. The fourth-order valence-corrected chi connectivity index (χ4v) is 2.24. The second-order valence-electron chi connectivity index (χ2n) is 5.28. The van der Waals surface area contributed by atoms with Crippen molar-refractivity contribution in [2.45, 2.75) is 58.4 Å². The van der Waals surface area contributed by atoms with Crippen LogP contribution in [0.5, 0.6) is 0 Å². The van der Waals surface area contributed by atoms with Crippen LogP contribution >= 0.6 is 0 Å². The molecule has 0 aliphatic carbocycles. The number of aliphatic carboxylic acids is 1. The lowest BCUT2D eigenvalue weighted by atomic mass is 10.0. The van der Waals surface area contributed by atoms with Crippen LogP contribution in [0.4, 0.5) is 0 Å². The molecule has 0 spiro atoms. The first-order chi connectivity index (χ1) is 10.1. The maximum absolute atomic E-state index is 11.8. The summed E-state index contributed by atoms with van der Waals surface area (Å²) in [5.41, 5.74) is 1.63. The van der Waals surface area contributed by atoms with Gasteiger partial charge in [-0.15, -0.1) is 0 Å². The lowest BCUT2D eigenvalue weighted by Crippen LogP contribution is -2.23. The van der Waals surface area contributed by atoms with E-state index < -0.39 is 5.97 Å². The summed E-state index contributed by atoms with van der Waals surface area (Å²) < 4.78 is 0. The fraction of sp³-hybridized carbons (Fsp3) is 0.529. The lowest BCUT2D eigenvalue weighted by Gasteiger charge is -2.09. The van der Waals surface area contributed by atoms with Crippen molar-refractivity contribution < 1.29 is 14.7 Å². The van der Waals surface area contributed by atoms with Gasteiger partial charge in [0.05, 0.1) is 6.42 Å². The number of amides is 1. The summed E-state index contributed by atoms with van der Waals surface area (Å²) in [6.45, 7) is 2.57. The maximum atomic E-state index is 11.8. The van der Waals surface area contributed by atoms with E-state index in [1.165, 1.54) is 19.3 Å². The number of carboxylic acids is 1. The molecule has 0 heterocycles. The maximum Gasteiger partial charge on any atom is 0.307 e. The van der Waals surface area contributed by atoms with Crippen LogP contribution in [-0.4, -0.2) is 17.0 Å².